The second-order valence-corrected chi connectivity index (χ2v) is 4.23. The van der Waals surface area contributed by atoms with Crippen molar-refractivity contribution < 1.29 is 4.74 Å². The molecule has 1 aliphatic carbocycles. The molecular weight excluding hydrogens is 242 g/mol. The lowest BCUT2D eigenvalue weighted by Crippen LogP contribution is -2.19. The summed E-state index contributed by atoms with van der Waals surface area (Å²) in [5, 5.41) is 0. The molecular formula is C11H12BrNO. The van der Waals surface area contributed by atoms with E-state index in [-0.39, 0.29) is 0 Å². The van der Waals surface area contributed by atoms with E-state index in [2.05, 4.69) is 39.7 Å². The highest BCUT2D eigenvalue weighted by molar-refractivity contribution is 9.11. The number of fused-ring (bicyclic) bond motifs is 2. The maximum Gasteiger partial charge on any atom is 0.105 e. The summed E-state index contributed by atoms with van der Waals surface area (Å²) in [6.07, 6.45) is 6.88. The molecule has 2 rings (SSSR count). The van der Waals surface area contributed by atoms with Gasteiger partial charge in [-0.2, -0.15) is 0 Å². The Hall–Kier alpha value is -0.920. The fourth-order valence-corrected chi connectivity index (χ4v) is 1.89. The van der Waals surface area contributed by atoms with E-state index in [1.54, 1.807) is 0 Å². The third-order valence-corrected chi connectivity index (χ3v) is 2.80. The number of rotatable bonds is 0. The van der Waals surface area contributed by atoms with Gasteiger partial charge in [0.15, 0.2) is 0 Å². The van der Waals surface area contributed by atoms with E-state index in [1.807, 2.05) is 12.2 Å². The highest BCUT2D eigenvalue weighted by Crippen LogP contribution is 2.23. The van der Waals surface area contributed by atoms with Crippen LogP contribution in [0, 0.1) is 0 Å². The molecule has 0 radical (unpaired) electrons. The standard InChI is InChI=1S/C11H12BrNO/c1-13-5-6-14-11-7-9(12)3-2-4-10(13)8-11/h2,4,7H,5-6,8H2,1H3/b10-4+,11-7+. The Labute approximate surface area is 92.4 Å². The van der Waals surface area contributed by atoms with E-state index in [0.717, 1.165) is 29.8 Å². The Balaban J connectivity index is 2.41. The van der Waals surface area contributed by atoms with Crippen LogP contribution in [0.2, 0.25) is 0 Å². The van der Waals surface area contributed by atoms with Gasteiger partial charge in [-0.15, -0.1) is 5.73 Å². The van der Waals surface area contributed by atoms with Gasteiger partial charge in [0, 0.05) is 19.2 Å². The number of hydrogen-bond acceptors (Lipinski definition) is 2. The molecule has 1 fully saturated rings. The Kier molecular flexibility index (Phi) is 2.80. The number of hydrogen-bond donors (Lipinski definition) is 0. The van der Waals surface area contributed by atoms with Crippen molar-refractivity contribution in [3.8, 4) is 0 Å². The van der Waals surface area contributed by atoms with E-state index < -0.39 is 0 Å². The van der Waals surface area contributed by atoms with Gasteiger partial charge in [-0.1, -0.05) is 0 Å². The minimum Gasteiger partial charge on any atom is -0.496 e. The van der Waals surface area contributed by atoms with Crippen LogP contribution in [0.25, 0.3) is 0 Å². The summed E-state index contributed by atoms with van der Waals surface area (Å²) in [4.78, 5) is 2.22. The second kappa shape index (κ2) is 4.07. The first-order chi connectivity index (χ1) is 6.75. The van der Waals surface area contributed by atoms with Crippen LogP contribution in [0.5, 0.6) is 0 Å². The van der Waals surface area contributed by atoms with Crippen molar-refractivity contribution in [1.82, 2.24) is 4.90 Å². The fraction of sp³-hybridized carbons (Fsp3) is 0.364. The second-order valence-electron chi connectivity index (χ2n) is 3.37. The quantitative estimate of drug-likeness (QED) is 0.616. The van der Waals surface area contributed by atoms with E-state index >= 15 is 0 Å². The summed E-state index contributed by atoms with van der Waals surface area (Å²) in [7, 11) is 2.09. The molecule has 0 aromatic carbocycles. The van der Waals surface area contributed by atoms with Crippen LogP contribution in [0.15, 0.2) is 39.9 Å². The maximum atomic E-state index is 5.62. The highest BCUT2D eigenvalue weighted by Gasteiger charge is 2.14. The molecule has 14 heavy (non-hydrogen) atoms. The topological polar surface area (TPSA) is 12.5 Å². The van der Waals surface area contributed by atoms with Crippen molar-refractivity contribution in [2.45, 2.75) is 6.42 Å². The van der Waals surface area contributed by atoms with Crippen molar-refractivity contribution in [3.63, 3.8) is 0 Å². The summed E-state index contributed by atoms with van der Waals surface area (Å²) in [6.45, 7) is 1.69. The van der Waals surface area contributed by atoms with E-state index in [0.29, 0.717) is 0 Å². The predicted octanol–water partition coefficient (Wildman–Crippen LogP) is 2.55. The summed E-state index contributed by atoms with van der Waals surface area (Å²) >= 11 is 3.41. The van der Waals surface area contributed by atoms with Crippen LogP contribution < -0.4 is 0 Å². The van der Waals surface area contributed by atoms with Crippen molar-refractivity contribution in [3.05, 3.63) is 39.9 Å². The van der Waals surface area contributed by atoms with Crippen molar-refractivity contribution >= 4 is 15.9 Å². The molecule has 3 heteroatoms. The number of allylic oxidation sites excluding steroid dienone is 3. The van der Waals surface area contributed by atoms with Gasteiger partial charge in [0.05, 0.1) is 11.0 Å². The van der Waals surface area contributed by atoms with Crippen LogP contribution in [-0.2, 0) is 4.74 Å². The van der Waals surface area contributed by atoms with E-state index in [9.17, 15) is 0 Å². The zero-order valence-corrected chi connectivity index (χ0v) is 9.67. The fourth-order valence-electron chi connectivity index (χ4n) is 1.50. The third kappa shape index (κ3) is 2.11. The molecule has 0 spiro atoms. The lowest BCUT2D eigenvalue weighted by atomic mass is 10.2. The van der Waals surface area contributed by atoms with Gasteiger partial charge < -0.3 is 9.64 Å². The monoisotopic (exact) mass is 253 g/mol. The minimum absolute atomic E-state index is 0.750. The first-order valence-corrected chi connectivity index (χ1v) is 5.41. The lowest BCUT2D eigenvalue weighted by Gasteiger charge is -2.17. The third-order valence-electron chi connectivity index (χ3n) is 2.34. The van der Waals surface area contributed by atoms with E-state index in [1.165, 1.54) is 5.70 Å². The summed E-state index contributed by atoms with van der Waals surface area (Å²) in [5.41, 5.74) is 4.39. The smallest absolute Gasteiger partial charge is 0.105 e. The Morgan fingerprint density at radius 3 is 3.29 bits per heavy atom. The average Bonchev–Trinajstić information content (AvgIpc) is 2.27. The first kappa shape index (κ1) is 9.63. The SMILES string of the molecule is CN1CCO/C2=C/C(Br)=C=C/C=C/1C2. The molecule has 2 aliphatic rings. The summed E-state index contributed by atoms with van der Waals surface area (Å²) in [6, 6.07) is 0. The van der Waals surface area contributed by atoms with Gasteiger partial charge in [0.25, 0.3) is 0 Å². The molecule has 74 valence electrons. The first-order valence-electron chi connectivity index (χ1n) is 4.61. The molecule has 2 nitrogen and oxygen atoms in total. The molecule has 2 bridgehead atoms. The molecule has 0 aromatic rings. The van der Waals surface area contributed by atoms with Gasteiger partial charge in [-0.25, -0.2) is 0 Å². The Morgan fingerprint density at radius 1 is 1.57 bits per heavy atom. The molecule has 0 atom stereocenters. The van der Waals surface area contributed by atoms with Gasteiger partial charge in [0.2, 0.25) is 0 Å². The average molecular weight is 254 g/mol. The molecule has 0 aromatic heterocycles. The van der Waals surface area contributed by atoms with Gasteiger partial charge >= 0.3 is 0 Å². The highest BCUT2D eigenvalue weighted by atomic mass is 79.9. The van der Waals surface area contributed by atoms with Crippen molar-refractivity contribution in [2.24, 2.45) is 0 Å². The van der Waals surface area contributed by atoms with Crippen LogP contribution in [0.1, 0.15) is 6.42 Å². The molecule has 1 aliphatic heterocycles. The lowest BCUT2D eigenvalue weighted by molar-refractivity contribution is 0.206. The summed E-state index contributed by atoms with van der Waals surface area (Å²) < 4.78 is 6.56. The number of nitrogens with zero attached hydrogens (tertiary/aromatic N) is 1. The van der Waals surface area contributed by atoms with Crippen LogP contribution >= 0.6 is 15.9 Å². The molecule has 0 saturated carbocycles. The Bertz CT molecular complexity index is 361. The maximum absolute atomic E-state index is 5.62. The van der Waals surface area contributed by atoms with Gasteiger partial charge in [-0.3, -0.25) is 0 Å². The molecule has 0 unspecified atom stereocenters. The van der Waals surface area contributed by atoms with Gasteiger partial charge in [-0.05, 0) is 34.2 Å². The van der Waals surface area contributed by atoms with E-state index in [4.69, 9.17) is 4.74 Å². The van der Waals surface area contributed by atoms with Gasteiger partial charge in [0.1, 0.15) is 12.4 Å². The van der Waals surface area contributed by atoms with Crippen LogP contribution in [0.3, 0.4) is 0 Å². The number of likely N-dealkylation sites (N-methyl/N-ethyl adjacent to an activating group) is 1. The van der Waals surface area contributed by atoms with Crippen molar-refractivity contribution in [2.75, 3.05) is 20.2 Å². The van der Waals surface area contributed by atoms with Crippen LogP contribution in [-0.4, -0.2) is 25.1 Å². The molecule has 1 saturated heterocycles. The minimum atomic E-state index is 0.750. The molecule has 1 heterocycles. The van der Waals surface area contributed by atoms with Crippen LogP contribution in [0.4, 0.5) is 0 Å². The largest absolute Gasteiger partial charge is 0.496 e. The Morgan fingerprint density at radius 2 is 2.43 bits per heavy atom. The normalized spacial score (nSPS) is 28.4. The molecule has 0 amide bonds. The number of halogens is 1. The summed E-state index contributed by atoms with van der Waals surface area (Å²) in [5.74, 6) is 1.01. The molecule has 0 N–H and O–H groups in total. The zero-order chi connectivity index (χ0) is 9.97. The zero-order valence-electron chi connectivity index (χ0n) is 8.09. The van der Waals surface area contributed by atoms with Crippen molar-refractivity contribution in [1.29, 1.82) is 0 Å². The predicted molar refractivity (Wildman–Crippen MR) is 59.9 cm³/mol. The number of ether oxygens (including phenoxy) is 1.